The van der Waals surface area contributed by atoms with Crippen LogP contribution >= 0.6 is 0 Å². The SMILES string of the molecule is CS(=O)(=O)N1CC(C(=O)N2CCN(C(c3ccccc3)c3ccccc3)CC2)C1. The molecule has 29 heavy (non-hydrogen) atoms. The minimum absolute atomic E-state index is 0.0838. The maximum absolute atomic E-state index is 12.8. The minimum Gasteiger partial charge on any atom is -0.340 e. The van der Waals surface area contributed by atoms with Gasteiger partial charge in [0, 0.05) is 39.3 Å². The van der Waals surface area contributed by atoms with Crippen LogP contribution < -0.4 is 0 Å². The van der Waals surface area contributed by atoms with E-state index in [4.69, 9.17) is 0 Å². The van der Waals surface area contributed by atoms with Crippen molar-refractivity contribution in [3.05, 3.63) is 71.8 Å². The molecule has 2 saturated heterocycles. The summed E-state index contributed by atoms with van der Waals surface area (Å²) >= 11 is 0. The van der Waals surface area contributed by atoms with Crippen molar-refractivity contribution in [2.24, 2.45) is 5.92 Å². The first-order chi connectivity index (χ1) is 13.9. The molecule has 2 heterocycles. The Bertz CT molecular complexity index is 896. The molecule has 2 fully saturated rings. The van der Waals surface area contributed by atoms with Gasteiger partial charge in [-0.2, -0.15) is 0 Å². The van der Waals surface area contributed by atoms with Crippen molar-refractivity contribution in [1.29, 1.82) is 0 Å². The molecule has 6 nitrogen and oxygen atoms in total. The molecule has 0 aliphatic carbocycles. The molecule has 0 saturated carbocycles. The van der Waals surface area contributed by atoms with E-state index in [1.54, 1.807) is 0 Å². The number of nitrogens with zero attached hydrogens (tertiary/aromatic N) is 3. The standard InChI is InChI=1S/C22H27N3O3S/c1-29(27,28)25-16-20(17-25)22(26)24-14-12-23(13-15-24)21(18-8-4-2-5-9-18)19-10-6-3-7-11-19/h2-11,20-21H,12-17H2,1H3. The summed E-state index contributed by atoms with van der Waals surface area (Å²) in [4.78, 5) is 17.1. The number of carbonyl (C=O) groups is 1. The maximum Gasteiger partial charge on any atom is 0.228 e. The van der Waals surface area contributed by atoms with Crippen molar-refractivity contribution < 1.29 is 13.2 Å². The van der Waals surface area contributed by atoms with Gasteiger partial charge in [-0.05, 0) is 11.1 Å². The summed E-state index contributed by atoms with van der Waals surface area (Å²) in [5.41, 5.74) is 2.50. The number of amides is 1. The molecule has 1 amide bonds. The average Bonchev–Trinajstić information content (AvgIpc) is 2.68. The molecule has 0 unspecified atom stereocenters. The fourth-order valence-corrected chi connectivity index (χ4v) is 5.11. The molecule has 2 aliphatic heterocycles. The van der Waals surface area contributed by atoms with Gasteiger partial charge in [-0.1, -0.05) is 60.7 Å². The van der Waals surface area contributed by atoms with E-state index in [0.717, 1.165) is 13.1 Å². The second-order valence-electron chi connectivity index (χ2n) is 7.86. The van der Waals surface area contributed by atoms with Crippen LogP contribution in [-0.4, -0.2) is 74.0 Å². The Morgan fingerprint density at radius 1 is 0.862 bits per heavy atom. The average molecular weight is 414 g/mol. The largest absolute Gasteiger partial charge is 0.340 e. The highest BCUT2D eigenvalue weighted by Gasteiger charge is 2.40. The third-order valence-corrected chi connectivity index (χ3v) is 7.12. The van der Waals surface area contributed by atoms with Crippen LogP contribution in [0, 0.1) is 5.92 Å². The van der Waals surface area contributed by atoms with Crippen LogP contribution in [0.25, 0.3) is 0 Å². The summed E-state index contributed by atoms with van der Waals surface area (Å²) in [5.74, 6) is -0.115. The second-order valence-corrected chi connectivity index (χ2v) is 9.84. The molecule has 0 aromatic heterocycles. The molecule has 0 spiro atoms. The topological polar surface area (TPSA) is 60.9 Å². The van der Waals surface area contributed by atoms with Crippen molar-refractivity contribution >= 4 is 15.9 Å². The predicted molar refractivity (Wildman–Crippen MR) is 113 cm³/mol. The molecule has 7 heteroatoms. The lowest BCUT2D eigenvalue weighted by Gasteiger charge is -2.43. The Labute approximate surface area is 172 Å². The van der Waals surface area contributed by atoms with Crippen LogP contribution in [-0.2, 0) is 14.8 Å². The van der Waals surface area contributed by atoms with Gasteiger partial charge >= 0.3 is 0 Å². The van der Waals surface area contributed by atoms with E-state index in [1.165, 1.54) is 21.7 Å². The molecule has 0 bridgehead atoms. The van der Waals surface area contributed by atoms with Crippen molar-refractivity contribution in [2.45, 2.75) is 6.04 Å². The summed E-state index contributed by atoms with van der Waals surface area (Å²) < 4.78 is 24.4. The van der Waals surface area contributed by atoms with E-state index < -0.39 is 10.0 Å². The van der Waals surface area contributed by atoms with Crippen molar-refractivity contribution in [2.75, 3.05) is 45.5 Å². The lowest BCUT2D eigenvalue weighted by Crippen LogP contribution is -2.59. The van der Waals surface area contributed by atoms with Gasteiger partial charge in [0.25, 0.3) is 0 Å². The smallest absolute Gasteiger partial charge is 0.228 e. The molecule has 2 aliphatic rings. The van der Waals surface area contributed by atoms with E-state index in [1.807, 2.05) is 17.0 Å². The fraction of sp³-hybridized carbons (Fsp3) is 0.409. The van der Waals surface area contributed by atoms with Crippen LogP contribution in [0.2, 0.25) is 0 Å². The predicted octanol–water partition coefficient (Wildman–Crippen LogP) is 1.81. The summed E-state index contributed by atoms with van der Waals surface area (Å²) in [7, 11) is -3.19. The van der Waals surface area contributed by atoms with Crippen LogP contribution in [0.3, 0.4) is 0 Å². The van der Waals surface area contributed by atoms with E-state index in [-0.39, 0.29) is 17.9 Å². The number of sulfonamides is 1. The van der Waals surface area contributed by atoms with Gasteiger partial charge in [0.1, 0.15) is 0 Å². The summed E-state index contributed by atoms with van der Waals surface area (Å²) in [5, 5.41) is 0. The third kappa shape index (κ3) is 4.37. The Hall–Kier alpha value is -2.22. The van der Waals surface area contributed by atoms with Gasteiger partial charge in [0.2, 0.25) is 15.9 Å². The summed E-state index contributed by atoms with van der Waals surface area (Å²) in [6.07, 6.45) is 1.19. The summed E-state index contributed by atoms with van der Waals surface area (Å²) in [6, 6.07) is 21.1. The first-order valence-electron chi connectivity index (χ1n) is 10.0. The van der Waals surface area contributed by atoms with E-state index >= 15 is 0 Å². The minimum atomic E-state index is -3.19. The third-order valence-electron chi connectivity index (χ3n) is 5.89. The van der Waals surface area contributed by atoms with Gasteiger partial charge in [-0.3, -0.25) is 9.69 Å². The number of piperazine rings is 1. The summed E-state index contributed by atoms with van der Waals surface area (Å²) in [6.45, 7) is 3.56. The molecule has 2 aromatic carbocycles. The molecule has 2 aromatic rings. The van der Waals surface area contributed by atoms with E-state index in [0.29, 0.717) is 26.2 Å². The first-order valence-corrected chi connectivity index (χ1v) is 11.9. The number of benzene rings is 2. The number of carbonyl (C=O) groups excluding carboxylic acids is 1. The normalized spacial score (nSPS) is 19.3. The van der Waals surface area contributed by atoms with Gasteiger partial charge in [-0.15, -0.1) is 0 Å². The van der Waals surface area contributed by atoms with Crippen LogP contribution in [0.15, 0.2) is 60.7 Å². The first kappa shape index (κ1) is 20.1. The quantitative estimate of drug-likeness (QED) is 0.750. The van der Waals surface area contributed by atoms with Crippen molar-refractivity contribution in [1.82, 2.24) is 14.1 Å². The van der Waals surface area contributed by atoms with Crippen molar-refractivity contribution in [3.8, 4) is 0 Å². The lowest BCUT2D eigenvalue weighted by molar-refractivity contribution is -0.141. The van der Waals surface area contributed by atoms with Gasteiger partial charge in [0.05, 0.1) is 18.2 Å². The zero-order valence-corrected chi connectivity index (χ0v) is 17.5. The molecule has 4 rings (SSSR count). The number of rotatable bonds is 5. The van der Waals surface area contributed by atoms with Gasteiger partial charge in [0.15, 0.2) is 0 Å². The fourth-order valence-electron chi connectivity index (χ4n) is 4.21. The number of hydrogen-bond acceptors (Lipinski definition) is 4. The molecule has 0 atom stereocenters. The van der Waals surface area contributed by atoms with Crippen molar-refractivity contribution in [3.63, 3.8) is 0 Å². The van der Waals surface area contributed by atoms with Crippen LogP contribution in [0.4, 0.5) is 0 Å². The molecule has 0 N–H and O–H groups in total. The Kier molecular flexibility index (Phi) is 5.72. The Morgan fingerprint density at radius 3 is 1.79 bits per heavy atom. The second kappa shape index (κ2) is 8.26. The maximum atomic E-state index is 12.8. The monoisotopic (exact) mass is 413 g/mol. The zero-order chi connectivity index (χ0) is 20.4. The van der Waals surface area contributed by atoms with E-state index in [2.05, 4.69) is 53.4 Å². The van der Waals surface area contributed by atoms with Crippen LogP contribution in [0.5, 0.6) is 0 Å². The molecular formula is C22H27N3O3S. The van der Waals surface area contributed by atoms with Gasteiger partial charge in [-0.25, -0.2) is 12.7 Å². The molecule has 154 valence electrons. The highest BCUT2D eigenvalue weighted by atomic mass is 32.2. The molecule has 0 radical (unpaired) electrons. The van der Waals surface area contributed by atoms with E-state index in [9.17, 15) is 13.2 Å². The zero-order valence-electron chi connectivity index (χ0n) is 16.6. The lowest BCUT2D eigenvalue weighted by atomic mass is 9.96. The highest BCUT2D eigenvalue weighted by molar-refractivity contribution is 7.88. The highest BCUT2D eigenvalue weighted by Crippen LogP contribution is 2.30. The Balaban J connectivity index is 1.42. The number of hydrogen-bond donors (Lipinski definition) is 0. The molecular weight excluding hydrogens is 386 g/mol. The van der Waals surface area contributed by atoms with Gasteiger partial charge < -0.3 is 4.90 Å². The Morgan fingerprint density at radius 2 is 1.34 bits per heavy atom. The van der Waals surface area contributed by atoms with Crippen LogP contribution in [0.1, 0.15) is 17.2 Å².